The summed E-state index contributed by atoms with van der Waals surface area (Å²) in [6.07, 6.45) is 0.727. The molecule has 27 heavy (non-hydrogen) atoms. The number of hydrogen-bond donors (Lipinski definition) is 1. The predicted molar refractivity (Wildman–Crippen MR) is 98.9 cm³/mol. The summed E-state index contributed by atoms with van der Waals surface area (Å²) in [5.41, 5.74) is 2.93. The third-order valence-electron chi connectivity index (χ3n) is 5.11. The Morgan fingerprint density at radius 1 is 1.15 bits per heavy atom. The maximum absolute atomic E-state index is 12.8. The number of carbonyl (C=O) groups excluding carboxylic acids is 3. The van der Waals surface area contributed by atoms with Crippen LogP contribution < -0.4 is 5.32 Å². The van der Waals surface area contributed by atoms with Crippen molar-refractivity contribution >= 4 is 23.5 Å². The lowest BCUT2D eigenvalue weighted by Gasteiger charge is -2.29. The second-order valence-corrected chi connectivity index (χ2v) is 6.74. The predicted octanol–water partition coefficient (Wildman–Crippen LogP) is 3.05. The lowest BCUT2D eigenvalue weighted by Crippen LogP contribution is -2.43. The quantitative estimate of drug-likeness (QED) is 0.846. The molecule has 0 saturated carbocycles. The number of esters is 1. The van der Waals surface area contributed by atoms with Gasteiger partial charge in [0.05, 0.1) is 5.56 Å². The van der Waals surface area contributed by atoms with E-state index in [9.17, 15) is 14.4 Å². The van der Waals surface area contributed by atoms with Crippen LogP contribution in [-0.4, -0.2) is 28.7 Å². The highest BCUT2D eigenvalue weighted by Gasteiger charge is 2.46. The second-order valence-electron chi connectivity index (χ2n) is 6.74. The molecule has 0 aromatic heterocycles. The van der Waals surface area contributed by atoms with Gasteiger partial charge in [-0.15, -0.1) is 0 Å². The number of fused-ring (bicyclic) bond motifs is 1. The van der Waals surface area contributed by atoms with E-state index in [1.54, 1.807) is 24.3 Å². The molecule has 138 valence electrons. The van der Waals surface area contributed by atoms with Gasteiger partial charge >= 0.3 is 5.97 Å². The van der Waals surface area contributed by atoms with E-state index >= 15 is 0 Å². The molecule has 1 saturated heterocycles. The number of likely N-dealkylation sites (tertiary alicyclic amines) is 1. The summed E-state index contributed by atoms with van der Waals surface area (Å²) in [6, 6.07) is 13.9. The third-order valence-corrected chi connectivity index (χ3v) is 5.11. The SMILES string of the molecule is CCc1ccc(NC(=O)[C@@H]2CCC(=O)N2[C@H]2OC(=O)c3ccccc32)cc1. The summed E-state index contributed by atoms with van der Waals surface area (Å²) in [5.74, 6) is -0.930. The Balaban J connectivity index is 1.56. The summed E-state index contributed by atoms with van der Waals surface area (Å²) in [7, 11) is 0. The van der Waals surface area contributed by atoms with Crippen LogP contribution in [0.15, 0.2) is 48.5 Å². The molecule has 0 radical (unpaired) electrons. The molecule has 0 spiro atoms. The van der Waals surface area contributed by atoms with Gasteiger partial charge in [0.1, 0.15) is 6.04 Å². The molecule has 1 fully saturated rings. The van der Waals surface area contributed by atoms with Crippen molar-refractivity contribution in [2.75, 3.05) is 5.32 Å². The van der Waals surface area contributed by atoms with Crippen LogP contribution in [0.3, 0.4) is 0 Å². The lowest BCUT2D eigenvalue weighted by molar-refractivity contribution is -0.144. The van der Waals surface area contributed by atoms with Gasteiger partial charge in [0.15, 0.2) is 0 Å². The fraction of sp³-hybridized carbons (Fsp3) is 0.286. The molecule has 2 amide bonds. The van der Waals surface area contributed by atoms with Crippen LogP contribution in [0.4, 0.5) is 5.69 Å². The van der Waals surface area contributed by atoms with E-state index in [1.807, 2.05) is 24.3 Å². The molecular weight excluding hydrogens is 344 g/mol. The highest BCUT2D eigenvalue weighted by atomic mass is 16.6. The minimum Gasteiger partial charge on any atom is -0.433 e. The van der Waals surface area contributed by atoms with E-state index in [4.69, 9.17) is 4.74 Å². The number of ether oxygens (including phenoxy) is 1. The number of benzene rings is 2. The van der Waals surface area contributed by atoms with Gasteiger partial charge in [-0.05, 0) is 36.6 Å². The van der Waals surface area contributed by atoms with Crippen LogP contribution in [0.1, 0.15) is 47.5 Å². The van der Waals surface area contributed by atoms with Crippen molar-refractivity contribution < 1.29 is 19.1 Å². The molecule has 1 N–H and O–H groups in total. The zero-order valence-electron chi connectivity index (χ0n) is 15.0. The van der Waals surface area contributed by atoms with E-state index in [0.717, 1.165) is 6.42 Å². The number of amides is 2. The zero-order chi connectivity index (χ0) is 19.0. The van der Waals surface area contributed by atoms with Crippen molar-refractivity contribution in [1.29, 1.82) is 0 Å². The van der Waals surface area contributed by atoms with Crippen molar-refractivity contribution in [3.8, 4) is 0 Å². The Morgan fingerprint density at radius 2 is 1.89 bits per heavy atom. The number of carbonyl (C=O) groups is 3. The fourth-order valence-electron chi connectivity index (χ4n) is 3.64. The first-order chi connectivity index (χ1) is 13.1. The second kappa shape index (κ2) is 6.87. The summed E-state index contributed by atoms with van der Waals surface area (Å²) >= 11 is 0. The molecule has 0 aliphatic carbocycles. The van der Waals surface area contributed by atoms with Gasteiger partial charge in [0.2, 0.25) is 18.0 Å². The molecule has 2 aromatic carbocycles. The topological polar surface area (TPSA) is 75.7 Å². The number of hydrogen-bond acceptors (Lipinski definition) is 4. The minimum atomic E-state index is -0.845. The van der Waals surface area contributed by atoms with E-state index in [2.05, 4.69) is 12.2 Å². The molecule has 6 heteroatoms. The zero-order valence-corrected chi connectivity index (χ0v) is 15.0. The number of cyclic esters (lactones) is 1. The fourth-order valence-corrected chi connectivity index (χ4v) is 3.64. The summed E-state index contributed by atoms with van der Waals surface area (Å²) in [5, 5.41) is 2.87. The largest absolute Gasteiger partial charge is 0.433 e. The van der Waals surface area contributed by atoms with E-state index in [-0.39, 0.29) is 18.2 Å². The van der Waals surface area contributed by atoms with Crippen LogP contribution >= 0.6 is 0 Å². The summed E-state index contributed by atoms with van der Waals surface area (Å²) in [6.45, 7) is 2.07. The standard InChI is InChI=1S/C21H20N2O4/c1-2-13-7-9-14(10-8-13)22-19(25)17-11-12-18(24)23(17)20-15-5-3-4-6-16(15)21(26)27-20/h3-10,17,20H,2,11-12H2,1H3,(H,22,25)/t17-,20-/m0/s1. The minimum absolute atomic E-state index is 0.189. The van der Waals surface area contributed by atoms with E-state index < -0.39 is 18.2 Å². The van der Waals surface area contributed by atoms with Gasteiger partial charge in [-0.25, -0.2) is 4.79 Å². The molecule has 4 rings (SSSR count). The van der Waals surface area contributed by atoms with Gasteiger partial charge in [-0.2, -0.15) is 0 Å². The van der Waals surface area contributed by atoms with Crippen LogP contribution in [-0.2, 0) is 20.7 Å². The smallest absolute Gasteiger partial charge is 0.340 e. The maximum atomic E-state index is 12.8. The lowest BCUT2D eigenvalue weighted by atomic mass is 10.1. The molecule has 6 nitrogen and oxygen atoms in total. The maximum Gasteiger partial charge on any atom is 0.340 e. The summed E-state index contributed by atoms with van der Waals surface area (Å²) < 4.78 is 5.43. The Kier molecular flexibility index (Phi) is 4.39. The Labute approximate surface area is 157 Å². The monoisotopic (exact) mass is 364 g/mol. The van der Waals surface area contributed by atoms with Gasteiger partial charge in [-0.3, -0.25) is 14.5 Å². The van der Waals surface area contributed by atoms with Crippen molar-refractivity contribution in [1.82, 2.24) is 4.90 Å². The molecule has 0 unspecified atom stereocenters. The number of nitrogens with one attached hydrogen (secondary N) is 1. The van der Waals surface area contributed by atoms with Gasteiger partial charge in [0, 0.05) is 17.7 Å². The highest BCUT2D eigenvalue weighted by molar-refractivity contribution is 6.00. The molecule has 2 atom stereocenters. The Hall–Kier alpha value is -3.15. The van der Waals surface area contributed by atoms with Gasteiger partial charge in [0.25, 0.3) is 0 Å². The molecule has 0 bridgehead atoms. The average Bonchev–Trinajstić information content (AvgIpc) is 3.22. The van der Waals surface area contributed by atoms with Gasteiger partial charge < -0.3 is 10.1 Å². The van der Waals surface area contributed by atoms with Gasteiger partial charge in [-0.1, -0.05) is 37.3 Å². The highest BCUT2D eigenvalue weighted by Crippen LogP contribution is 2.38. The summed E-state index contributed by atoms with van der Waals surface area (Å²) in [4.78, 5) is 38.8. The van der Waals surface area contributed by atoms with Crippen molar-refractivity contribution in [3.05, 3.63) is 65.2 Å². The number of rotatable bonds is 4. The van der Waals surface area contributed by atoms with Crippen molar-refractivity contribution in [2.24, 2.45) is 0 Å². The Morgan fingerprint density at radius 3 is 2.63 bits per heavy atom. The van der Waals surface area contributed by atoms with Crippen LogP contribution in [0, 0.1) is 0 Å². The molecule has 2 aliphatic heterocycles. The third kappa shape index (κ3) is 3.07. The molecular formula is C21H20N2O4. The van der Waals surface area contributed by atoms with Crippen molar-refractivity contribution in [3.63, 3.8) is 0 Å². The van der Waals surface area contributed by atoms with Crippen LogP contribution in [0.2, 0.25) is 0 Å². The Bertz CT molecular complexity index is 907. The van der Waals surface area contributed by atoms with Crippen LogP contribution in [0.25, 0.3) is 0 Å². The van der Waals surface area contributed by atoms with Crippen LogP contribution in [0.5, 0.6) is 0 Å². The number of anilines is 1. The molecule has 2 heterocycles. The van der Waals surface area contributed by atoms with Crippen molar-refractivity contribution in [2.45, 2.75) is 38.5 Å². The average molecular weight is 364 g/mol. The normalized spacial score (nSPS) is 21.1. The van der Waals surface area contributed by atoms with E-state index in [1.165, 1.54) is 10.5 Å². The number of aryl methyl sites for hydroxylation is 1. The van der Waals surface area contributed by atoms with E-state index in [0.29, 0.717) is 23.2 Å². The first kappa shape index (κ1) is 17.3. The first-order valence-corrected chi connectivity index (χ1v) is 9.09. The number of nitrogens with zero attached hydrogens (tertiary/aromatic N) is 1. The first-order valence-electron chi connectivity index (χ1n) is 9.09. The molecule has 2 aliphatic rings. The molecule has 2 aromatic rings.